The maximum Gasteiger partial charge on any atom is 0.276 e. The average Bonchev–Trinajstić information content (AvgIpc) is 3.44. The van der Waals surface area contributed by atoms with Crippen molar-refractivity contribution < 1.29 is 27.2 Å². The van der Waals surface area contributed by atoms with Gasteiger partial charge in [-0.2, -0.15) is 0 Å². The topological polar surface area (TPSA) is 98.9 Å². The fourth-order valence-electron chi connectivity index (χ4n) is 4.13. The zero-order valence-corrected chi connectivity index (χ0v) is 19.0. The van der Waals surface area contributed by atoms with E-state index in [1.54, 1.807) is 23.1 Å². The molecule has 1 saturated heterocycles. The van der Waals surface area contributed by atoms with E-state index >= 15 is 0 Å². The molecule has 1 amide bonds. The molecule has 172 valence electrons. The van der Waals surface area contributed by atoms with Crippen LogP contribution in [0, 0.1) is 6.92 Å². The smallest absolute Gasteiger partial charge is 0.276 e. The largest absolute Gasteiger partial charge is 0.486 e. The molecule has 1 atom stereocenters. The van der Waals surface area contributed by atoms with Gasteiger partial charge in [0.2, 0.25) is 0 Å². The lowest BCUT2D eigenvalue weighted by atomic mass is 10.1. The first-order chi connectivity index (χ1) is 15.9. The third-order valence-corrected chi connectivity index (χ3v) is 7.69. The summed E-state index contributed by atoms with van der Waals surface area (Å²) >= 11 is 0. The Morgan fingerprint density at radius 3 is 2.55 bits per heavy atom. The lowest BCUT2D eigenvalue weighted by molar-refractivity contribution is 0.0670. The summed E-state index contributed by atoms with van der Waals surface area (Å²) in [6.45, 7) is 3.26. The van der Waals surface area contributed by atoms with E-state index in [2.05, 4.69) is 5.16 Å². The van der Waals surface area contributed by atoms with Gasteiger partial charge < -0.3 is 18.9 Å². The van der Waals surface area contributed by atoms with Crippen LogP contribution in [0.1, 0.15) is 28.0 Å². The molecule has 0 unspecified atom stereocenters. The number of hydrogen-bond donors (Lipinski definition) is 0. The Bertz CT molecular complexity index is 1280. The molecule has 1 aromatic heterocycles. The standard InChI is InChI=1S/C24H24N2O6S/c1-16-2-4-17(5-3-16)14-26(19-8-11-33(28,29)15-19)24(27)20-13-22(32-25-20)18-6-7-21-23(12-18)31-10-9-30-21/h2-7,12-13,19H,8-11,14-15H2,1H3/t19-/m1/s1. The molecule has 1 fully saturated rings. The molecule has 2 aliphatic rings. The molecule has 2 aliphatic heterocycles. The minimum absolute atomic E-state index is 0.0442. The number of fused-ring (bicyclic) bond motifs is 1. The van der Waals surface area contributed by atoms with Crippen LogP contribution in [0.4, 0.5) is 0 Å². The van der Waals surface area contributed by atoms with Gasteiger partial charge in [0.1, 0.15) is 13.2 Å². The lowest BCUT2D eigenvalue weighted by Crippen LogP contribution is -2.40. The van der Waals surface area contributed by atoms with Gasteiger partial charge in [-0.05, 0) is 37.1 Å². The van der Waals surface area contributed by atoms with E-state index < -0.39 is 15.9 Å². The van der Waals surface area contributed by atoms with Gasteiger partial charge in [-0.25, -0.2) is 8.42 Å². The number of rotatable bonds is 5. The molecule has 2 aromatic carbocycles. The van der Waals surface area contributed by atoms with Crippen LogP contribution in [-0.4, -0.2) is 55.1 Å². The molecule has 0 spiro atoms. The zero-order chi connectivity index (χ0) is 23.0. The SMILES string of the molecule is Cc1ccc(CN(C(=O)c2cc(-c3ccc4c(c3)OCCO4)on2)[C@@H]2CCS(=O)(=O)C2)cc1. The van der Waals surface area contributed by atoms with Crippen LogP contribution in [0.25, 0.3) is 11.3 Å². The van der Waals surface area contributed by atoms with Crippen molar-refractivity contribution in [3.8, 4) is 22.8 Å². The highest BCUT2D eigenvalue weighted by atomic mass is 32.2. The molecule has 9 heteroatoms. The number of amides is 1. The third kappa shape index (κ3) is 4.59. The molecule has 8 nitrogen and oxygen atoms in total. The van der Waals surface area contributed by atoms with Crippen molar-refractivity contribution in [3.05, 3.63) is 65.4 Å². The maximum atomic E-state index is 13.5. The molecular weight excluding hydrogens is 444 g/mol. The lowest BCUT2D eigenvalue weighted by Gasteiger charge is -2.27. The van der Waals surface area contributed by atoms with Crippen LogP contribution < -0.4 is 9.47 Å². The second kappa shape index (κ2) is 8.55. The molecule has 3 aromatic rings. The summed E-state index contributed by atoms with van der Waals surface area (Å²) in [6.07, 6.45) is 0.410. The van der Waals surface area contributed by atoms with Gasteiger partial charge in [-0.1, -0.05) is 35.0 Å². The van der Waals surface area contributed by atoms with E-state index in [0.717, 1.165) is 11.1 Å². The molecule has 5 rings (SSSR count). The van der Waals surface area contributed by atoms with Crippen LogP contribution in [0.2, 0.25) is 0 Å². The fraction of sp³-hybridized carbons (Fsp3) is 0.333. The highest BCUT2D eigenvalue weighted by Crippen LogP contribution is 2.35. The van der Waals surface area contributed by atoms with E-state index in [4.69, 9.17) is 14.0 Å². The molecule has 3 heterocycles. The highest BCUT2D eigenvalue weighted by Gasteiger charge is 2.36. The monoisotopic (exact) mass is 468 g/mol. The van der Waals surface area contributed by atoms with Crippen molar-refractivity contribution in [2.45, 2.75) is 25.9 Å². The Hall–Kier alpha value is -3.33. The highest BCUT2D eigenvalue weighted by molar-refractivity contribution is 7.91. The van der Waals surface area contributed by atoms with Gasteiger partial charge >= 0.3 is 0 Å². The molecule has 0 N–H and O–H groups in total. The Morgan fingerprint density at radius 1 is 1.06 bits per heavy atom. The number of aromatic nitrogens is 1. The maximum absolute atomic E-state index is 13.5. The number of hydrogen-bond acceptors (Lipinski definition) is 7. The van der Waals surface area contributed by atoms with Gasteiger partial charge in [0.15, 0.2) is 32.8 Å². The van der Waals surface area contributed by atoms with E-state index in [-0.39, 0.29) is 23.1 Å². The first-order valence-electron chi connectivity index (χ1n) is 10.8. The second-order valence-electron chi connectivity index (χ2n) is 8.41. The van der Waals surface area contributed by atoms with Crippen LogP contribution in [0.5, 0.6) is 11.5 Å². The van der Waals surface area contributed by atoms with E-state index in [1.165, 1.54) is 0 Å². The van der Waals surface area contributed by atoms with Gasteiger partial charge in [0.05, 0.1) is 11.5 Å². The minimum atomic E-state index is -3.17. The second-order valence-corrected chi connectivity index (χ2v) is 10.6. The van der Waals surface area contributed by atoms with Crippen molar-refractivity contribution in [1.29, 1.82) is 0 Å². The Morgan fingerprint density at radius 2 is 1.82 bits per heavy atom. The van der Waals surface area contributed by atoms with Gasteiger partial charge in [0.25, 0.3) is 5.91 Å². The average molecular weight is 469 g/mol. The van der Waals surface area contributed by atoms with Crippen molar-refractivity contribution >= 4 is 15.7 Å². The molecule has 0 bridgehead atoms. The van der Waals surface area contributed by atoms with Crippen LogP contribution in [0.15, 0.2) is 53.1 Å². The fourth-order valence-corrected chi connectivity index (χ4v) is 5.86. The summed E-state index contributed by atoms with van der Waals surface area (Å²) in [5.74, 6) is 1.37. The molecule has 0 aliphatic carbocycles. The number of nitrogens with zero attached hydrogens (tertiary/aromatic N) is 2. The normalized spacial score (nSPS) is 18.8. The van der Waals surface area contributed by atoms with Crippen molar-refractivity contribution in [1.82, 2.24) is 10.1 Å². The zero-order valence-electron chi connectivity index (χ0n) is 18.2. The van der Waals surface area contributed by atoms with Crippen LogP contribution in [0.3, 0.4) is 0 Å². The number of carbonyl (C=O) groups is 1. The predicted octanol–water partition coefficient (Wildman–Crippen LogP) is 3.25. The summed E-state index contributed by atoms with van der Waals surface area (Å²) in [4.78, 5) is 15.1. The summed E-state index contributed by atoms with van der Waals surface area (Å²) in [7, 11) is -3.17. The van der Waals surface area contributed by atoms with E-state index in [1.807, 2.05) is 37.3 Å². The molecule has 0 saturated carbocycles. The van der Waals surface area contributed by atoms with Gasteiger partial charge in [-0.3, -0.25) is 4.79 Å². The van der Waals surface area contributed by atoms with Crippen LogP contribution in [-0.2, 0) is 16.4 Å². The van der Waals surface area contributed by atoms with Crippen LogP contribution >= 0.6 is 0 Å². The molecule has 33 heavy (non-hydrogen) atoms. The number of ether oxygens (including phenoxy) is 2. The summed E-state index contributed by atoms with van der Waals surface area (Å²) < 4.78 is 40.9. The summed E-state index contributed by atoms with van der Waals surface area (Å²) in [6, 6.07) is 14.4. The minimum Gasteiger partial charge on any atom is -0.486 e. The number of aryl methyl sites for hydroxylation is 1. The summed E-state index contributed by atoms with van der Waals surface area (Å²) in [5.41, 5.74) is 2.88. The number of carbonyl (C=O) groups excluding carboxylic acids is 1. The Kier molecular flexibility index (Phi) is 5.57. The Labute approximate surface area is 192 Å². The number of benzene rings is 2. The van der Waals surface area contributed by atoms with Crippen molar-refractivity contribution in [2.75, 3.05) is 24.7 Å². The molecule has 0 radical (unpaired) electrons. The van der Waals surface area contributed by atoms with Gasteiger partial charge in [-0.15, -0.1) is 0 Å². The number of sulfone groups is 1. The van der Waals surface area contributed by atoms with Crippen molar-refractivity contribution in [3.63, 3.8) is 0 Å². The predicted molar refractivity (Wildman–Crippen MR) is 121 cm³/mol. The summed E-state index contributed by atoms with van der Waals surface area (Å²) in [5, 5.41) is 4.00. The first-order valence-corrected chi connectivity index (χ1v) is 12.6. The van der Waals surface area contributed by atoms with E-state index in [9.17, 15) is 13.2 Å². The van der Waals surface area contributed by atoms with E-state index in [0.29, 0.717) is 49.0 Å². The first kappa shape index (κ1) is 21.5. The molecular formula is C24H24N2O6S. The quantitative estimate of drug-likeness (QED) is 0.567. The Balaban J connectivity index is 1.42. The van der Waals surface area contributed by atoms with Gasteiger partial charge in [0, 0.05) is 24.2 Å². The third-order valence-electron chi connectivity index (χ3n) is 5.94. The van der Waals surface area contributed by atoms with Crippen molar-refractivity contribution in [2.24, 2.45) is 0 Å².